The molecule has 1 unspecified atom stereocenters. The Morgan fingerprint density at radius 3 is 1.53 bits per heavy atom. The van der Waals surface area contributed by atoms with Crippen LogP contribution in [-0.4, -0.2) is 0 Å². The summed E-state index contributed by atoms with van der Waals surface area (Å²) in [5, 5.41) is 0. The third kappa shape index (κ3) is 4.01. The van der Waals surface area contributed by atoms with Crippen LogP contribution >= 0.6 is 0 Å². The average molecular weight is 210 g/mol. The second-order valence-electron chi connectivity index (χ2n) is 4.55. The van der Waals surface area contributed by atoms with E-state index in [1.165, 1.54) is 32.1 Å². The van der Waals surface area contributed by atoms with Crippen molar-refractivity contribution >= 4 is 0 Å². The van der Waals surface area contributed by atoms with Gasteiger partial charge in [0.25, 0.3) is 0 Å². The van der Waals surface area contributed by atoms with Gasteiger partial charge >= 0.3 is 0 Å². The molecule has 0 nitrogen and oxygen atoms in total. The number of allylic oxidation sites excluding steroid dienone is 2. The van der Waals surface area contributed by atoms with Gasteiger partial charge in [0.15, 0.2) is 0 Å². The Balaban J connectivity index is 4.86. The third-order valence-electron chi connectivity index (χ3n) is 3.99. The first kappa shape index (κ1) is 14.7. The van der Waals surface area contributed by atoms with E-state index in [1.54, 1.807) is 11.1 Å². The van der Waals surface area contributed by atoms with Crippen LogP contribution in [0.4, 0.5) is 0 Å². The summed E-state index contributed by atoms with van der Waals surface area (Å²) < 4.78 is 0. The molecule has 0 aromatic carbocycles. The minimum atomic E-state index is 0.792. The molecule has 0 aliphatic carbocycles. The van der Waals surface area contributed by atoms with Crippen molar-refractivity contribution in [2.75, 3.05) is 0 Å². The van der Waals surface area contributed by atoms with Crippen molar-refractivity contribution in [1.82, 2.24) is 0 Å². The molecule has 0 amide bonds. The Bertz CT molecular complexity index is 178. The lowest BCUT2D eigenvalue weighted by molar-refractivity contribution is 0.370. The topological polar surface area (TPSA) is 0 Å². The lowest BCUT2D eigenvalue weighted by Gasteiger charge is -2.26. The highest BCUT2D eigenvalue weighted by atomic mass is 14.2. The van der Waals surface area contributed by atoms with Gasteiger partial charge in [-0.25, -0.2) is 0 Å². The largest absolute Gasteiger partial charge is 0.0713 e. The van der Waals surface area contributed by atoms with Crippen molar-refractivity contribution in [3.8, 4) is 0 Å². The Morgan fingerprint density at radius 1 is 0.800 bits per heavy atom. The first-order chi connectivity index (χ1) is 7.15. The highest BCUT2D eigenvalue weighted by molar-refractivity contribution is 5.16. The van der Waals surface area contributed by atoms with Gasteiger partial charge in [-0.2, -0.15) is 0 Å². The molecule has 0 bridgehead atoms. The Morgan fingerprint density at radius 2 is 1.27 bits per heavy atom. The van der Waals surface area contributed by atoms with Crippen LogP contribution in [0.5, 0.6) is 0 Å². The molecule has 1 atom stereocenters. The van der Waals surface area contributed by atoms with Crippen LogP contribution < -0.4 is 0 Å². The lowest BCUT2D eigenvalue weighted by Crippen LogP contribution is -2.14. The molecule has 0 spiro atoms. The summed E-state index contributed by atoms with van der Waals surface area (Å²) >= 11 is 0. The monoisotopic (exact) mass is 210 g/mol. The summed E-state index contributed by atoms with van der Waals surface area (Å²) in [5.74, 6) is 1.67. The highest BCUT2D eigenvalue weighted by Crippen LogP contribution is 2.31. The number of rotatable bonds is 7. The second-order valence-corrected chi connectivity index (χ2v) is 4.55. The first-order valence-electron chi connectivity index (χ1n) is 6.86. The molecular formula is C15H30. The van der Waals surface area contributed by atoms with Crippen LogP contribution in [0.2, 0.25) is 0 Å². The van der Waals surface area contributed by atoms with Crippen LogP contribution in [-0.2, 0) is 0 Å². The smallest absolute Gasteiger partial charge is 0.0201 e. The van der Waals surface area contributed by atoms with Crippen molar-refractivity contribution in [1.29, 1.82) is 0 Å². The van der Waals surface area contributed by atoms with E-state index < -0.39 is 0 Å². The minimum absolute atomic E-state index is 0.792. The zero-order chi connectivity index (χ0) is 11.8. The first-order valence-corrected chi connectivity index (χ1v) is 6.86. The summed E-state index contributed by atoms with van der Waals surface area (Å²) in [7, 11) is 0. The molecule has 90 valence electrons. The molecule has 15 heavy (non-hydrogen) atoms. The van der Waals surface area contributed by atoms with Gasteiger partial charge < -0.3 is 0 Å². The van der Waals surface area contributed by atoms with Crippen LogP contribution in [0.3, 0.4) is 0 Å². The van der Waals surface area contributed by atoms with Gasteiger partial charge in [0, 0.05) is 0 Å². The van der Waals surface area contributed by atoms with Gasteiger partial charge in [-0.05, 0) is 31.1 Å². The zero-order valence-corrected chi connectivity index (χ0v) is 11.7. The molecule has 0 saturated heterocycles. The molecule has 0 aliphatic rings. The van der Waals surface area contributed by atoms with Crippen molar-refractivity contribution < 1.29 is 0 Å². The third-order valence-corrected chi connectivity index (χ3v) is 3.99. The molecule has 0 aliphatic heterocycles. The maximum Gasteiger partial charge on any atom is -0.0201 e. The number of hydrogen-bond donors (Lipinski definition) is 0. The summed E-state index contributed by atoms with van der Waals surface area (Å²) in [6.07, 6.45) is 6.37. The van der Waals surface area contributed by atoms with E-state index in [1.807, 2.05) is 0 Å². The van der Waals surface area contributed by atoms with E-state index in [0.29, 0.717) is 0 Å². The molecule has 0 radical (unpaired) electrons. The second kappa shape index (κ2) is 7.96. The molecule has 0 saturated carbocycles. The normalized spacial score (nSPS) is 13.0. The Kier molecular flexibility index (Phi) is 7.82. The van der Waals surface area contributed by atoms with Crippen molar-refractivity contribution in [2.24, 2.45) is 11.8 Å². The zero-order valence-electron chi connectivity index (χ0n) is 11.7. The van der Waals surface area contributed by atoms with Gasteiger partial charge in [-0.3, -0.25) is 0 Å². The minimum Gasteiger partial charge on any atom is -0.0713 e. The van der Waals surface area contributed by atoms with Crippen LogP contribution in [0.1, 0.15) is 73.6 Å². The van der Waals surface area contributed by atoms with Crippen LogP contribution in [0, 0.1) is 11.8 Å². The molecule has 0 aromatic heterocycles. The SMILES string of the molecule is CCC(CC)=C(CC)C(C)C(CC)CC. The predicted octanol–water partition coefficient (Wildman–Crippen LogP) is 5.59. The lowest BCUT2D eigenvalue weighted by atomic mass is 9.80. The molecule has 0 N–H and O–H groups in total. The van der Waals surface area contributed by atoms with Gasteiger partial charge in [-0.15, -0.1) is 0 Å². The van der Waals surface area contributed by atoms with E-state index >= 15 is 0 Å². The van der Waals surface area contributed by atoms with E-state index in [2.05, 4.69) is 41.5 Å². The van der Waals surface area contributed by atoms with Gasteiger partial charge in [-0.1, -0.05) is 65.5 Å². The Hall–Kier alpha value is -0.260. The fourth-order valence-corrected chi connectivity index (χ4v) is 2.88. The van der Waals surface area contributed by atoms with Crippen molar-refractivity contribution in [2.45, 2.75) is 73.6 Å². The molecule has 0 rings (SSSR count). The number of hydrogen-bond acceptors (Lipinski definition) is 0. The standard InChI is InChI=1S/C15H30/c1-7-13(8-2)12(6)15(11-5)14(9-3)10-4/h12-13H,7-11H2,1-6H3. The predicted molar refractivity (Wildman–Crippen MR) is 71.1 cm³/mol. The van der Waals surface area contributed by atoms with Crippen molar-refractivity contribution in [3.63, 3.8) is 0 Å². The summed E-state index contributed by atoms with van der Waals surface area (Å²) in [5.41, 5.74) is 3.45. The van der Waals surface area contributed by atoms with E-state index in [4.69, 9.17) is 0 Å². The highest BCUT2D eigenvalue weighted by Gasteiger charge is 2.18. The van der Waals surface area contributed by atoms with Gasteiger partial charge in [0.2, 0.25) is 0 Å². The fraction of sp³-hybridized carbons (Fsp3) is 0.867. The van der Waals surface area contributed by atoms with Crippen LogP contribution in [0.15, 0.2) is 11.1 Å². The fourth-order valence-electron chi connectivity index (χ4n) is 2.88. The maximum atomic E-state index is 2.43. The summed E-state index contributed by atoms with van der Waals surface area (Å²) in [4.78, 5) is 0. The molecule has 0 heteroatoms. The van der Waals surface area contributed by atoms with Crippen molar-refractivity contribution in [3.05, 3.63) is 11.1 Å². The average Bonchev–Trinajstić information content (AvgIpc) is 2.27. The summed E-state index contributed by atoms with van der Waals surface area (Å²) in [6.45, 7) is 14.0. The molecule has 0 heterocycles. The van der Waals surface area contributed by atoms with E-state index in [0.717, 1.165) is 11.8 Å². The quantitative estimate of drug-likeness (QED) is 0.481. The molecule has 0 fully saturated rings. The Labute approximate surface area is 97.2 Å². The molecule has 0 aromatic rings. The van der Waals surface area contributed by atoms with Gasteiger partial charge in [0.05, 0.1) is 0 Å². The van der Waals surface area contributed by atoms with Crippen LogP contribution in [0.25, 0.3) is 0 Å². The van der Waals surface area contributed by atoms with E-state index in [-0.39, 0.29) is 0 Å². The summed E-state index contributed by atoms with van der Waals surface area (Å²) in [6, 6.07) is 0. The maximum absolute atomic E-state index is 2.43. The van der Waals surface area contributed by atoms with Gasteiger partial charge in [0.1, 0.15) is 0 Å². The van der Waals surface area contributed by atoms with E-state index in [9.17, 15) is 0 Å². The molecular weight excluding hydrogens is 180 g/mol.